The zero-order valence-electron chi connectivity index (χ0n) is 32.0. The average molecular weight is 695 g/mol. The maximum atomic E-state index is 11.8. The summed E-state index contributed by atoms with van der Waals surface area (Å²) in [5.74, 6) is -4.52. The van der Waals surface area contributed by atoms with Crippen LogP contribution in [-0.4, -0.2) is 106 Å². The fourth-order valence-electron chi connectivity index (χ4n) is 9.91. The van der Waals surface area contributed by atoms with Gasteiger partial charge in [-0.2, -0.15) is 0 Å². The van der Waals surface area contributed by atoms with E-state index < -0.39 is 59.6 Å². The van der Waals surface area contributed by atoms with Gasteiger partial charge in [-0.15, -0.1) is 0 Å². The van der Waals surface area contributed by atoms with Crippen molar-refractivity contribution in [2.24, 2.45) is 35.5 Å². The van der Waals surface area contributed by atoms with E-state index >= 15 is 0 Å². The van der Waals surface area contributed by atoms with Gasteiger partial charge >= 0.3 is 35.5 Å². The SMILES string of the molecule is CC[C@@]1([C@@H]2O[C@@H]([C@H]3O[C@@](O)(CO)[C@H](C)C[C@@H]3C)C[C@@H]2C)CC[C@H]([C@]2(C)CC[C@]3(C[C@H](O)[C@@H](C)[C@@H]([C@@H](C)[C@@H](OC)[C@H](C)C(=O)O)O3)O2)O1.[H-].[Na+]. The van der Waals surface area contributed by atoms with E-state index in [1.54, 1.807) is 6.92 Å². The van der Waals surface area contributed by atoms with Crippen molar-refractivity contribution in [2.45, 2.75) is 172 Å². The molecule has 48 heavy (non-hydrogen) atoms. The number of carboxylic acid groups (broad SMARTS) is 1. The summed E-state index contributed by atoms with van der Waals surface area (Å²) in [5, 5.41) is 41.8. The van der Waals surface area contributed by atoms with Crippen LogP contribution in [-0.2, 0) is 33.2 Å². The number of rotatable bonds is 10. The molecule has 0 radical (unpaired) electrons. The van der Waals surface area contributed by atoms with Gasteiger partial charge in [0.25, 0.3) is 0 Å². The number of aliphatic hydroxyl groups is 3. The van der Waals surface area contributed by atoms with Crippen LogP contribution in [0.3, 0.4) is 0 Å². The van der Waals surface area contributed by atoms with Crippen LogP contribution < -0.4 is 29.6 Å². The molecule has 0 saturated carbocycles. The molecule has 0 unspecified atom stereocenters. The van der Waals surface area contributed by atoms with Gasteiger partial charge in [-0.05, 0) is 64.2 Å². The number of aliphatic hydroxyl groups excluding tert-OH is 2. The monoisotopic (exact) mass is 694 g/mol. The Morgan fingerprint density at radius 3 is 2.33 bits per heavy atom. The fourth-order valence-corrected chi connectivity index (χ4v) is 9.91. The number of hydrogen-bond donors (Lipinski definition) is 4. The molecule has 5 heterocycles. The quantitative estimate of drug-likeness (QED) is 0.246. The van der Waals surface area contributed by atoms with Gasteiger partial charge in [0.05, 0.1) is 66.5 Å². The molecule has 274 valence electrons. The number of methoxy groups -OCH3 is 1. The molecule has 5 aliphatic rings. The number of aliphatic carboxylic acids is 1. The summed E-state index contributed by atoms with van der Waals surface area (Å²) in [6, 6.07) is 0. The molecule has 5 rings (SSSR count). The van der Waals surface area contributed by atoms with Crippen LogP contribution in [0, 0.1) is 35.5 Å². The number of carboxylic acids is 1. The van der Waals surface area contributed by atoms with Gasteiger partial charge in [0.2, 0.25) is 0 Å². The second-order valence-electron chi connectivity index (χ2n) is 16.3. The van der Waals surface area contributed by atoms with Crippen molar-refractivity contribution in [1.82, 2.24) is 0 Å². The summed E-state index contributed by atoms with van der Waals surface area (Å²) in [5.41, 5.74) is -1.15. The molecule has 0 aromatic carbocycles. The predicted octanol–water partition coefficient (Wildman–Crippen LogP) is 1.39. The third kappa shape index (κ3) is 7.33. The molecule has 0 aliphatic carbocycles. The maximum absolute atomic E-state index is 11.8. The number of carbonyl (C=O) groups is 1. The molecule has 5 saturated heterocycles. The Bertz CT molecular complexity index is 1120. The van der Waals surface area contributed by atoms with Crippen LogP contribution in [0.15, 0.2) is 0 Å². The summed E-state index contributed by atoms with van der Waals surface area (Å²) < 4.78 is 39.4. The third-order valence-electron chi connectivity index (χ3n) is 13.0. The Morgan fingerprint density at radius 2 is 1.73 bits per heavy atom. The van der Waals surface area contributed by atoms with Crippen LogP contribution >= 0.6 is 0 Å². The van der Waals surface area contributed by atoms with Crippen LogP contribution in [0.1, 0.15) is 108 Å². The first-order valence-corrected chi connectivity index (χ1v) is 18.1. The zero-order valence-corrected chi connectivity index (χ0v) is 33.0. The molecule has 5 aliphatic heterocycles. The van der Waals surface area contributed by atoms with E-state index in [9.17, 15) is 25.2 Å². The number of hydrogen-bond acceptors (Lipinski definition) is 10. The van der Waals surface area contributed by atoms with Gasteiger partial charge in [-0.1, -0.05) is 41.5 Å². The van der Waals surface area contributed by atoms with E-state index in [2.05, 4.69) is 27.7 Å². The molecule has 17 atom stereocenters. The van der Waals surface area contributed by atoms with E-state index in [1.165, 1.54) is 7.11 Å². The van der Waals surface area contributed by atoms with Crippen LogP contribution in [0.4, 0.5) is 0 Å². The average Bonchev–Trinajstić information content (AvgIpc) is 3.73. The van der Waals surface area contributed by atoms with E-state index in [0.29, 0.717) is 19.3 Å². The fraction of sp³-hybridized carbons (Fsp3) is 0.972. The number of ether oxygens (including phenoxy) is 6. The smallest absolute Gasteiger partial charge is 1.00 e. The largest absolute Gasteiger partial charge is 1.00 e. The predicted molar refractivity (Wildman–Crippen MR) is 173 cm³/mol. The first-order chi connectivity index (χ1) is 22.0. The molecule has 0 bridgehead atoms. The van der Waals surface area contributed by atoms with E-state index in [0.717, 1.165) is 32.1 Å². The van der Waals surface area contributed by atoms with Crippen molar-refractivity contribution in [1.29, 1.82) is 0 Å². The van der Waals surface area contributed by atoms with Crippen molar-refractivity contribution in [2.75, 3.05) is 13.7 Å². The summed E-state index contributed by atoms with van der Waals surface area (Å²) in [6.45, 7) is 15.6. The normalized spacial score (nSPS) is 49.8. The van der Waals surface area contributed by atoms with Crippen LogP contribution in [0.5, 0.6) is 0 Å². The van der Waals surface area contributed by atoms with Crippen molar-refractivity contribution in [3.63, 3.8) is 0 Å². The third-order valence-corrected chi connectivity index (χ3v) is 13.0. The van der Waals surface area contributed by atoms with E-state index in [1.807, 2.05) is 20.8 Å². The van der Waals surface area contributed by atoms with Gasteiger partial charge in [-0.25, -0.2) is 0 Å². The van der Waals surface area contributed by atoms with Gasteiger partial charge < -0.3 is 50.3 Å². The van der Waals surface area contributed by atoms with E-state index in [-0.39, 0.29) is 85.0 Å². The Morgan fingerprint density at radius 1 is 1.04 bits per heavy atom. The van der Waals surface area contributed by atoms with Gasteiger partial charge in [0, 0.05) is 37.7 Å². The van der Waals surface area contributed by atoms with Gasteiger partial charge in [0.15, 0.2) is 11.6 Å². The van der Waals surface area contributed by atoms with Crippen LogP contribution in [0.2, 0.25) is 0 Å². The molecule has 0 amide bonds. The summed E-state index contributed by atoms with van der Waals surface area (Å²) in [6.07, 6.45) is 2.99. The molecule has 12 heteroatoms. The first-order valence-electron chi connectivity index (χ1n) is 18.1. The Hall–Kier alpha value is 0.110. The summed E-state index contributed by atoms with van der Waals surface area (Å²) in [7, 11) is 1.52. The molecule has 11 nitrogen and oxygen atoms in total. The molecular formula is C36H63NaO11. The minimum Gasteiger partial charge on any atom is -1.00 e. The molecule has 1 spiro atoms. The second-order valence-corrected chi connectivity index (χ2v) is 16.3. The van der Waals surface area contributed by atoms with Crippen molar-refractivity contribution < 1.29 is 84.6 Å². The standard InChI is InChI=1S/C36H62O11.Na.H/c1-10-34(31-20(3)16-26(43-31)28-19(2)15-21(4)36(41,18-37)46-28)12-11-27(44-34)33(8)13-14-35(47-33)17-25(38)22(5)30(45-35)23(6)29(42-9)24(7)32(39)40;;/h19-31,37-38,41H,10-18H2,1-9H3,(H,39,40);;/q;+1;-1/t19-,20-,21+,22+,23-,24-,25-,26+,27+,28-,29+,30-,31+,33-,34-,35+,36-;;/m0../s1. The molecule has 4 N–H and O–H groups in total. The van der Waals surface area contributed by atoms with Crippen molar-refractivity contribution in [3.8, 4) is 0 Å². The van der Waals surface area contributed by atoms with Gasteiger partial charge in [-0.3, -0.25) is 4.79 Å². The molecule has 5 fully saturated rings. The van der Waals surface area contributed by atoms with Crippen molar-refractivity contribution >= 4 is 5.97 Å². The second kappa shape index (κ2) is 15.2. The van der Waals surface area contributed by atoms with Gasteiger partial charge in [0.1, 0.15) is 0 Å². The molecule has 0 aromatic rings. The van der Waals surface area contributed by atoms with Crippen LogP contribution in [0.25, 0.3) is 0 Å². The zero-order chi connectivity index (χ0) is 34.7. The minimum atomic E-state index is -1.56. The molecular weight excluding hydrogens is 631 g/mol. The Kier molecular flexibility index (Phi) is 13.0. The van der Waals surface area contributed by atoms with E-state index in [4.69, 9.17) is 28.4 Å². The Labute approximate surface area is 310 Å². The van der Waals surface area contributed by atoms with Crippen molar-refractivity contribution in [3.05, 3.63) is 0 Å². The maximum Gasteiger partial charge on any atom is 1.00 e. The topological polar surface area (TPSA) is 153 Å². The first kappa shape index (κ1) is 40.9. The molecule has 0 aromatic heterocycles. The minimum absolute atomic E-state index is 0. The summed E-state index contributed by atoms with van der Waals surface area (Å²) in [4.78, 5) is 11.8. The summed E-state index contributed by atoms with van der Waals surface area (Å²) >= 11 is 0. The Balaban J connectivity index is 0.00000325.